The molecule has 0 atom stereocenters. The first-order chi connectivity index (χ1) is 12.5. The molecule has 136 valence electrons. The van der Waals surface area contributed by atoms with E-state index in [1.807, 2.05) is 6.92 Å². The molecule has 2 aromatic carbocycles. The van der Waals surface area contributed by atoms with E-state index in [2.05, 4.69) is 12.2 Å². The van der Waals surface area contributed by atoms with Gasteiger partial charge in [0.15, 0.2) is 5.78 Å². The van der Waals surface area contributed by atoms with Crippen LogP contribution in [0.2, 0.25) is 0 Å². The van der Waals surface area contributed by atoms with E-state index in [1.165, 1.54) is 0 Å². The van der Waals surface area contributed by atoms with Crippen LogP contribution in [0.25, 0.3) is 0 Å². The minimum atomic E-state index is -1.46. The average molecular weight is 352 g/mol. The lowest BCUT2D eigenvalue weighted by Gasteiger charge is -2.16. The van der Waals surface area contributed by atoms with Gasteiger partial charge in [-0.15, -0.1) is 0 Å². The molecule has 0 spiro atoms. The number of anilines is 1. The zero-order chi connectivity index (χ0) is 18.9. The Balaban J connectivity index is 2.22. The van der Waals surface area contributed by atoms with Crippen LogP contribution in [0.4, 0.5) is 5.69 Å². The second kappa shape index (κ2) is 9.42. The van der Waals surface area contributed by atoms with Crippen LogP contribution >= 0.6 is 0 Å². The Morgan fingerprint density at radius 1 is 1.12 bits per heavy atom. The highest BCUT2D eigenvalue weighted by atomic mass is 16.5. The third-order valence-electron chi connectivity index (χ3n) is 3.74. The minimum Gasteiger partial charge on any atom is -0.543 e. The Morgan fingerprint density at radius 3 is 2.46 bits per heavy atom. The lowest BCUT2D eigenvalue weighted by Crippen LogP contribution is -2.29. The number of carbonyl (C=O) groups excluding carboxylic acids is 2. The maximum Gasteiger partial charge on any atom is 0.187 e. The van der Waals surface area contributed by atoms with Crippen molar-refractivity contribution in [1.29, 1.82) is 0 Å². The summed E-state index contributed by atoms with van der Waals surface area (Å²) in [6.45, 7) is 4.50. The molecule has 0 aliphatic rings. The number of aliphatic carboxylic acids is 1. The summed E-state index contributed by atoms with van der Waals surface area (Å²) in [7, 11) is 0. The number of ketones is 1. The molecule has 2 aromatic rings. The van der Waals surface area contributed by atoms with Gasteiger partial charge in [-0.05, 0) is 25.5 Å². The molecule has 0 aromatic heterocycles. The molecule has 0 bridgehead atoms. The number of hydrogen-bond donors (Lipinski definition) is 1. The van der Waals surface area contributed by atoms with Crippen LogP contribution in [0, 0.1) is 6.92 Å². The highest BCUT2D eigenvalue weighted by Gasteiger charge is 2.09. The summed E-state index contributed by atoms with van der Waals surface area (Å²) < 4.78 is 5.67. The molecular formula is C21H22NO4-. The lowest BCUT2D eigenvalue weighted by atomic mass is 10.1. The third-order valence-corrected chi connectivity index (χ3v) is 3.74. The van der Waals surface area contributed by atoms with Gasteiger partial charge in [0.2, 0.25) is 0 Å². The number of benzene rings is 2. The molecule has 0 unspecified atom stereocenters. The number of carboxylic acids is 1. The fourth-order valence-electron chi connectivity index (χ4n) is 2.25. The normalized spacial score (nSPS) is 11.1. The van der Waals surface area contributed by atoms with Gasteiger partial charge in [-0.3, -0.25) is 4.79 Å². The fourth-order valence-corrected chi connectivity index (χ4v) is 2.25. The van der Waals surface area contributed by atoms with Gasteiger partial charge in [-0.2, -0.15) is 0 Å². The minimum absolute atomic E-state index is 0.317. The summed E-state index contributed by atoms with van der Waals surface area (Å²) in [4.78, 5) is 23.8. The Bertz CT molecular complexity index is 794. The predicted octanol–water partition coefficient (Wildman–Crippen LogP) is 3.10. The van der Waals surface area contributed by atoms with Crippen molar-refractivity contribution in [3.63, 3.8) is 0 Å². The van der Waals surface area contributed by atoms with E-state index < -0.39 is 11.8 Å². The van der Waals surface area contributed by atoms with Gasteiger partial charge in [0.1, 0.15) is 5.75 Å². The zero-order valence-electron chi connectivity index (χ0n) is 15.0. The standard InChI is InChI=1S/C21H23NO4/c1-3-4-13-26-20-8-6-5-7-17(20)22-18(21(24)25)14-19(23)16-11-9-15(2)10-12-16/h5-12,14,22H,3-4,13H2,1-2H3,(H,24,25)/p-1/b18-14+. The third kappa shape index (κ3) is 5.48. The zero-order valence-corrected chi connectivity index (χ0v) is 15.0. The second-order valence-corrected chi connectivity index (χ2v) is 5.90. The number of carbonyl (C=O) groups is 2. The quantitative estimate of drug-likeness (QED) is 0.426. The van der Waals surface area contributed by atoms with Gasteiger partial charge in [-0.25, -0.2) is 0 Å². The predicted molar refractivity (Wildman–Crippen MR) is 99.1 cm³/mol. The first-order valence-corrected chi connectivity index (χ1v) is 8.54. The summed E-state index contributed by atoms with van der Waals surface area (Å²) >= 11 is 0. The number of aryl methyl sites for hydroxylation is 1. The topological polar surface area (TPSA) is 78.5 Å². The van der Waals surface area contributed by atoms with E-state index in [1.54, 1.807) is 48.5 Å². The number of unbranched alkanes of at least 4 members (excludes halogenated alkanes) is 1. The molecule has 2 rings (SSSR count). The number of carboxylic acid groups (broad SMARTS) is 1. The van der Waals surface area contributed by atoms with Gasteiger partial charge in [0.25, 0.3) is 0 Å². The summed E-state index contributed by atoms with van der Waals surface area (Å²) in [5.41, 5.74) is 1.57. The van der Waals surface area contributed by atoms with Gasteiger partial charge in [-0.1, -0.05) is 55.3 Å². The molecule has 26 heavy (non-hydrogen) atoms. The average Bonchev–Trinajstić information content (AvgIpc) is 2.63. The number of rotatable bonds is 9. The van der Waals surface area contributed by atoms with Gasteiger partial charge in [0.05, 0.1) is 24.0 Å². The highest BCUT2D eigenvalue weighted by molar-refractivity contribution is 6.09. The molecule has 0 fully saturated rings. The molecule has 0 saturated carbocycles. The number of hydrogen-bond acceptors (Lipinski definition) is 5. The molecule has 0 saturated heterocycles. The van der Waals surface area contributed by atoms with Crippen molar-refractivity contribution in [3.05, 3.63) is 71.4 Å². The second-order valence-electron chi connectivity index (χ2n) is 5.90. The maximum atomic E-state index is 12.3. The molecule has 0 heterocycles. The smallest absolute Gasteiger partial charge is 0.187 e. The summed E-state index contributed by atoms with van der Waals surface area (Å²) in [6, 6.07) is 13.9. The summed E-state index contributed by atoms with van der Waals surface area (Å²) in [5, 5.41) is 14.2. The summed E-state index contributed by atoms with van der Waals surface area (Å²) in [6.07, 6.45) is 2.91. The van der Waals surface area contributed by atoms with Gasteiger partial charge >= 0.3 is 0 Å². The number of nitrogens with one attached hydrogen (secondary N) is 1. The van der Waals surface area contributed by atoms with Crippen LogP contribution in [-0.4, -0.2) is 18.4 Å². The largest absolute Gasteiger partial charge is 0.543 e. The monoisotopic (exact) mass is 352 g/mol. The van der Waals surface area contributed by atoms with E-state index in [4.69, 9.17) is 4.74 Å². The van der Waals surface area contributed by atoms with Crippen molar-refractivity contribution >= 4 is 17.4 Å². The number of ether oxygens (including phenoxy) is 1. The first kappa shape index (κ1) is 19.2. The first-order valence-electron chi connectivity index (χ1n) is 8.54. The maximum absolute atomic E-state index is 12.3. The van der Waals surface area contributed by atoms with Crippen LogP contribution in [-0.2, 0) is 4.79 Å². The van der Waals surface area contributed by atoms with Gasteiger partial charge in [0, 0.05) is 11.6 Å². The summed E-state index contributed by atoms with van der Waals surface area (Å²) in [5.74, 6) is -1.36. The molecule has 5 nitrogen and oxygen atoms in total. The SMILES string of the molecule is CCCCOc1ccccc1N/C(=C/C(=O)c1ccc(C)cc1)C(=O)[O-]. The molecule has 1 N–H and O–H groups in total. The lowest BCUT2D eigenvalue weighted by molar-refractivity contribution is -0.299. The van der Waals surface area contributed by atoms with Crippen molar-refractivity contribution in [2.75, 3.05) is 11.9 Å². The number of allylic oxidation sites excluding steroid dienone is 1. The van der Waals surface area contributed by atoms with Crippen molar-refractivity contribution in [1.82, 2.24) is 0 Å². The molecule has 0 aliphatic heterocycles. The van der Waals surface area contributed by atoms with Crippen LogP contribution in [0.15, 0.2) is 60.3 Å². The van der Waals surface area contributed by atoms with Crippen LogP contribution in [0.5, 0.6) is 5.75 Å². The van der Waals surface area contributed by atoms with Crippen LogP contribution in [0.1, 0.15) is 35.7 Å². The molecular weight excluding hydrogens is 330 g/mol. The van der Waals surface area contributed by atoms with Crippen molar-refractivity contribution in [2.24, 2.45) is 0 Å². The van der Waals surface area contributed by atoms with Gasteiger partial charge < -0.3 is 20.0 Å². The van der Waals surface area contributed by atoms with E-state index in [0.29, 0.717) is 23.6 Å². The van der Waals surface area contributed by atoms with Crippen LogP contribution < -0.4 is 15.2 Å². The molecule has 0 radical (unpaired) electrons. The Morgan fingerprint density at radius 2 is 1.81 bits per heavy atom. The van der Waals surface area contributed by atoms with Crippen LogP contribution in [0.3, 0.4) is 0 Å². The fraction of sp³-hybridized carbons (Fsp3) is 0.238. The Labute approximate surface area is 153 Å². The van der Waals surface area contributed by atoms with E-state index >= 15 is 0 Å². The Hall–Kier alpha value is -3.08. The Kier molecular flexibility index (Phi) is 6.97. The van der Waals surface area contributed by atoms with Crippen molar-refractivity contribution < 1.29 is 19.4 Å². The highest BCUT2D eigenvalue weighted by Crippen LogP contribution is 2.25. The van der Waals surface area contributed by atoms with Crippen molar-refractivity contribution in [3.8, 4) is 5.75 Å². The van der Waals surface area contributed by atoms with E-state index in [9.17, 15) is 14.7 Å². The molecule has 0 amide bonds. The van der Waals surface area contributed by atoms with E-state index in [-0.39, 0.29) is 5.70 Å². The molecule has 0 aliphatic carbocycles. The number of para-hydroxylation sites is 2. The van der Waals surface area contributed by atoms with Crippen molar-refractivity contribution in [2.45, 2.75) is 26.7 Å². The van der Waals surface area contributed by atoms with E-state index in [0.717, 1.165) is 24.5 Å². The molecule has 5 heteroatoms.